The van der Waals surface area contributed by atoms with E-state index in [4.69, 9.17) is 4.42 Å². The van der Waals surface area contributed by atoms with E-state index < -0.39 is 5.78 Å². The van der Waals surface area contributed by atoms with Crippen LogP contribution in [0, 0.1) is 5.82 Å². The third-order valence-corrected chi connectivity index (χ3v) is 3.13. The number of hydrogen-bond acceptors (Lipinski definition) is 6. The van der Waals surface area contributed by atoms with Crippen LogP contribution in [0.4, 0.5) is 4.39 Å². The van der Waals surface area contributed by atoms with Crippen molar-refractivity contribution in [2.75, 3.05) is 0 Å². The normalized spacial score (nSPS) is 11.5. The van der Waals surface area contributed by atoms with E-state index in [1.54, 1.807) is 18.2 Å². The van der Waals surface area contributed by atoms with Gasteiger partial charge in [0.05, 0.1) is 6.20 Å². The predicted octanol–water partition coefficient (Wildman–Crippen LogP) is 2.98. The van der Waals surface area contributed by atoms with Crippen molar-refractivity contribution in [2.45, 2.75) is 6.42 Å². The minimum Gasteiger partial charge on any atom is -0.504 e. The standard InChI is InChI=1S/C17H12FN3O3/c18-12-4-2-11(3-5-12)8-16-21-10-15(24-16)13(22)9-14(23)17-19-6-1-7-20-17/h1-7,9-10,23H,8H2. The SMILES string of the molecule is O=C(C=C(O)c1ncccn1)c1cnc(Cc2ccc(F)cc2)o1. The third kappa shape index (κ3) is 3.70. The van der Waals surface area contributed by atoms with Gasteiger partial charge in [0.1, 0.15) is 5.82 Å². The minimum atomic E-state index is -0.558. The number of benzene rings is 1. The summed E-state index contributed by atoms with van der Waals surface area (Å²) in [5.41, 5.74) is 0.799. The molecule has 24 heavy (non-hydrogen) atoms. The van der Waals surface area contributed by atoms with Gasteiger partial charge in [0.2, 0.25) is 5.78 Å². The first-order chi connectivity index (χ1) is 11.6. The van der Waals surface area contributed by atoms with Crippen LogP contribution in [-0.2, 0) is 6.42 Å². The van der Waals surface area contributed by atoms with Crippen LogP contribution in [0.1, 0.15) is 27.8 Å². The van der Waals surface area contributed by atoms with Crippen molar-refractivity contribution in [3.63, 3.8) is 0 Å². The molecule has 0 saturated heterocycles. The fourth-order valence-electron chi connectivity index (χ4n) is 1.97. The number of hydrogen-bond donors (Lipinski definition) is 1. The van der Waals surface area contributed by atoms with E-state index in [0.717, 1.165) is 11.6 Å². The van der Waals surface area contributed by atoms with Crippen LogP contribution in [0.5, 0.6) is 0 Å². The lowest BCUT2D eigenvalue weighted by Crippen LogP contribution is -1.97. The van der Waals surface area contributed by atoms with Crippen LogP contribution in [-0.4, -0.2) is 25.8 Å². The molecule has 0 aliphatic carbocycles. The van der Waals surface area contributed by atoms with E-state index in [-0.39, 0.29) is 23.2 Å². The highest BCUT2D eigenvalue weighted by Gasteiger charge is 2.13. The van der Waals surface area contributed by atoms with Gasteiger partial charge in [0.15, 0.2) is 23.2 Å². The maximum Gasteiger partial charge on any atom is 0.226 e. The molecule has 0 bridgehead atoms. The van der Waals surface area contributed by atoms with Crippen molar-refractivity contribution in [3.8, 4) is 0 Å². The lowest BCUT2D eigenvalue weighted by atomic mass is 10.1. The first-order valence-corrected chi connectivity index (χ1v) is 7.03. The van der Waals surface area contributed by atoms with Gasteiger partial charge in [-0.3, -0.25) is 4.79 Å². The molecule has 6 nitrogen and oxygen atoms in total. The number of allylic oxidation sites excluding steroid dienone is 1. The Morgan fingerprint density at radius 3 is 2.58 bits per heavy atom. The zero-order valence-electron chi connectivity index (χ0n) is 12.4. The molecule has 0 unspecified atom stereocenters. The summed E-state index contributed by atoms with van der Waals surface area (Å²) in [6.45, 7) is 0. The zero-order valence-corrected chi connectivity index (χ0v) is 12.4. The van der Waals surface area contributed by atoms with Crippen LogP contribution in [0.25, 0.3) is 5.76 Å². The summed E-state index contributed by atoms with van der Waals surface area (Å²) in [7, 11) is 0. The number of aromatic nitrogens is 3. The Balaban J connectivity index is 1.73. The number of nitrogens with zero attached hydrogens (tertiary/aromatic N) is 3. The zero-order chi connectivity index (χ0) is 16.9. The first-order valence-electron chi connectivity index (χ1n) is 7.03. The molecule has 0 amide bonds. The Hall–Kier alpha value is -3.35. The van der Waals surface area contributed by atoms with Crippen LogP contribution in [0.15, 0.2) is 59.4 Å². The topological polar surface area (TPSA) is 89.1 Å². The number of oxazole rings is 1. The number of ketones is 1. The molecular formula is C17H12FN3O3. The fourth-order valence-corrected chi connectivity index (χ4v) is 1.97. The maximum absolute atomic E-state index is 12.9. The van der Waals surface area contributed by atoms with Gasteiger partial charge in [-0.25, -0.2) is 19.3 Å². The van der Waals surface area contributed by atoms with Gasteiger partial charge in [0, 0.05) is 24.9 Å². The van der Waals surface area contributed by atoms with Gasteiger partial charge in [-0.15, -0.1) is 0 Å². The number of carbonyl (C=O) groups is 1. The first kappa shape index (κ1) is 15.5. The van der Waals surface area contributed by atoms with Gasteiger partial charge in [-0.2, -0.15) is 0 Å². The summed E-state index contributed by atoms with van der Waals surface area (Å²) in [6.07, 6.45) is 5.47. The molecule has 120 valence electrons. The maximum atomic E-state index is 12.9. The van der Waals surface area contributed by atoms with E-state index in [0.29, 0.717) is 12.3 Å². The second-order valence-corrected chi connectivity index (χ2v) is 4.89. The summed E-state index contributed by atoms with van der Waals surface area (Å²) < 4.78 is 18.2. The number of halogens is 1. The highest BCUT2D eigenvalue weighted by Crippen LogP contribution is 2.13. The van der Waals surface area contributed by atoms with Crippen LogP contribution >= 0.6 is 0 Å². The van der Waals surface area contributed by atoms with E-state index in [2.05, 4.69) is 15.0 Å². The van der Waals surface area contributed by atoms with Gasteiger partial charge in [-0.1, -0.05) is 12.1 Å². The Morgan fingerprint density at radius 1 is 1.17 bits per heavy atom. The number of rotatable bonds is 5. The van der Waals surface area contributed by atoms with E-state index in [1.165, 1.54) is 30.7 Å². The number of carbonyl (C=O) groups excluding carboxylic acids is 1. The van der Waals surface area contributed by atoms with Crippen molar-refractivity contribution < 1.29 is 18.7 Å². The smallest absolute Gasteiger partial charge is 0.226 e. The number of aliphatic hydroxyl groups is 1. The summed E-state index contributed by atoms with van der Waals surface area (Å²) in [5.74, 6) is -0.916. The average molecular weight is 325 g/mol. The molecule has 0 aliphatic rings. The molecule has 0 fully saturated rings. The molecule has 1 aromatic carbocycles. The molecule has 0 saturated carbocycles. The molecule has 3 aromatic rings. The summed E-state index contributed by atoms with van der Waals surface area (Å²) in [4.78, 5) is 23.7. The van der Waals surface area contributed by atoms with E-state index >= 15 is 0 Å². The minimum absolute atomic E-state index is 0.0189. The van der Waals surface area contributed by atoms with Gasteiger partial charge >= 0.3 is 0 Å². The Labute approximate surface area is 136 Å². The summed E-state index contributed by atoms with van der Waals surface area (Å²) in [5, 5.41) is 9.84. The second-order valence-electron chi connectivity index (χ2n) is 4.89. The van der Waals surface area contributed by atoms with Gasteiger partial charge in [0.25, 0.3) is 0 Å². The summed E-state index contributed by atoms with van der Waals surface area (Å²) in [6, 6.07) is 7.49. The highest BCUT2D eigenvalue weighted by molar-refractivity contribution is 6.05. The largest absolute Gasteiger partial charge is 0.504 e. The molecule has 0 radical (unpaired) electrons. The predicted molar refractivity (Wildman–Crippen MR) is 82.7 cm³/mol. The van der Waals surface area contributed by atoms with Crippen LogP contribution < -0.4 is 0 Å². The van der Waals surface area contributed by atoms with E-state index in [9.17, 15) is 14.3 Å². The van der Waals surface area contributed by atoms with Crippen molar-refractivity contribution >= 4 is 11.5 Å². The fraction of sp³-hybridized carbons (Fsp3) is 0.0588. The summed E-state index contributed by atoms with van der Waals surface area (Å²) >= 11 is 0. The average Bonchev–Trinajstić information content (AvgIpc) is 3.06. The molecular weight excluding hydrogens is 313 g/mol. The van der Waals surface area contributed by atoms with Crippen molar-refractivity contribution in [2.24, 2.45) is 0 Å². The molecule has 3 rings (SSSR count). The van der Waals surface area contributed by atoms with Crippen molar-refractivity contribution in [3.05, 3.63) is 83.9 Å². The van der Waals surface area contributed by atoms with Crippen molar-refractivity contribution in [1.29, 1.82) is 0 Å². The quantitative estimate of drug-likeness (QED) is 0.441. The van der Waals surface area contributed by atoms with Crippen LogP contribution in [0.3, 0.4) is 0 Å². The van der Waals surface area contributed by atoms with Gasteiger partial charge < -0.3 is 9.52 Å². The lowest BCUT2D eigenvalue weighted by molar-refractivity contribution is 0.101. The molecule has 0 aliphatic heterocycles. The second kappa shape index (κ2) is 6.82. The molecule has 1 N–H and O–H groups in total. The molecule has 2 heterocycles. The lowest BCUT2D eigenvalue weighted by Gasteiger charge is -1.97. The Kier molecular flexibility index (Phi) is 4.42. The number of aliphatic hydroxyl groups excluding tert-OH is 1. The third-order valence-electron chi connectivity index (χ3n) is 3.13. The molecule has 0 atom stereocenters. The molecule has 0 spiro atoms. The van der Waals surface area contributed by atoms with Crippen molar-refractivity contribution in [1.82, 2.24) is 15.0 Å². The molecule has 7 heteroatoms. The molecule has 2 aromatic heterocycles. The highest BCUT2D eigenvalue weighted by atomic mass is 19.1. The Bertz CT molecular complexity index is 874. The van der Waals surface area contributed by atoms with E-state index in [1.807, 2.05) is 0 Å². The monoisotopic (exact) mass is 325 g/mol. The Morgan fingerprint density at radius 2 is 1.88 bits per heavy atom. The van der Waals surface area contributed by atoms with Gasteiger partial charge in [-0.05, 0) is 23.8 Å². The van der Waals surface area contributed by atoms with Crippen LogP contribution in [0.2, 0.25) is 0 Å².